The lowest BCUT2D eigenvalue weighted by Crippen LogP contribution is -2.55. The maximum atomic E-state index is 13.4. The Morgan fingerprint density at radius 1 is 1.14 bits per heavy atom. The Morgan fingerprint density at radius 3 is 2.62 bits per heavy atom. The van der Waals surface area contributed by atoms with Crippen LogP contribution in [0, 0.1) is 0 Å². The van der Waals surface area contributed by atoms with E-state index in [1.54, 1.807) is 10.4 Å². The van der Waals surface area contributed by atoms with Crippen molar-refractivity contribution in [2.24, 2.45) is 0 Å². The Bertz CT molecular complexity index is 844. The molecule has 0 spiro atoms. The zero-order valence-corrected chi connectivity index (χ0v) is 17.5. The summed E-state index contributed by atoms with van der Waals surface area (Å²) in [6, 6.07) is 1.72. The largest absolute Gasteiger partial charge is 0.360 e. The zero-order valence-electron chi connectivity index (χ0n) is 16.7. The van der Waals surface area contributed by atoms with E-state index in [-0.39, 0.29) is 29.3 Å². The first-order chi connectivity index (χ1) is 14.0. The van der Waals surface area contributed by atoms with Gasteiger partial charge in [-0.3, -0.25) is 4.79 Å². The second-order valence-corrected chi connectivity index (χ2v) is 11.2. The van der Waals surface area contributed by atoms with E-state index < -0.39 is 10.0 Å². The first-order valence-corrected chi connectivity index (χ1v) is 12.5. The minimum Gasteiger partial charge on any atom is -0.360 e. The van der Waals surface area contributed by atoms with E-state index in [2.05, 4.69) is 15.8 Å². The van der Waals surface area contributed by atoms with Gasteiger partial charge in [0.05, 0.1) is 5.25 Å². The van der Waals surface area contributed by atoms with Gasteiger partial charge in [-0.1, -0.05) is 11.6 Å². The van der Waals surface area contributed by atoms with Gasteiger partial charge in [-0.15, -0.1) is 0 Å². The highest BCUT2D eigenvalue weighted by molar-refractivity contribution is 7.89. The van der Waals surface area contributed by atoms with Gasteiger partial charge < -0.3 is 15.2 Å². The van der Waals surface area contributed by atoms with Gasteiger partial charge in [0.15, 0.2) is 5.69 Å². The molecule has 1 aromatic rings. The van der Waals surface area contributed by atoms with Crippen molar-refractivity contribution in [3.8, 4) is 0 Å². The molecule has 1 amide bonds. The van der Waals surface area contributed by atoms with Crippen LogP contribution in [0.5, 0.6) is 0 Å². The first kappa shape index (κ1) is 19.5. The lowest BCUT2D eigenvalue weighted by atomic mass is 9.99. The van der Waals surface area contributed by atoms with Crippen LogP contribution in [-0.4, -0.2) is 60.3 Å². The van der Waals surface area contributed by atoms with Crippen LogP contribution in [0.2, 0.25) is 0 Å². The summed E-state index contributed by atoms with van der Waals surface area (Å²) >= 11 is 0. The molecule has 0 radical (unpaired) electrons. The summed E-state index contributed by atoms with van der Waals surface area (Å²) in [6.07, 6.45) is 8.05. The summed E-state index contributed by atoms with van der Waals surface area (Å²) in [7, 11) is -3.32. The topological polar surface area (TPSA) is 105 Å². The van der Waals surface area contributed by atoms with Gasteiger partial charge in [0, 0.05) is 36.7 Å². The Labute approximate surface area is 171 Å². The lowest BCUT2D eigenvalue weighted by molar-refractivity contribution is 0.0899. The molecule has 4 aliphatic rings. The molecule has 9 heteroatoms. The van der Waals surface area contributed by atoms with E-state index in [9.17, 15) is 13.2 Å². The van der Waals surface area contributed by atoms with Crippen molar-refractivity contribution in [1.29, 1.82) is 0 Å². The summed E-state index contributed by atoms with van der Waals surface area (Å²) in [4.78, 5) is 12.6. The molecule has 2 unspecified atom stereocenters. The summed E-state index contributed by atoms with van der Waals surface area (Å²) in [5, 5.41) is 9.95. The van der Waals surface area contributed by atoms with E-state index in [0.29, 0.717) is 31.0 Å². The number of piperidine rings is 1. The maximum absolute atomic E-state index is 13.4. The fraction of sp³-hybridized carbons (Fsp3) is 0.800. The fourth-order valence-electron chi connectivity index (χ4n) is 5.30. The number of hydrogen-bond acceptors (Lipinski definition) is 6. The van der Waals surface area contributed by atoms with E-state index >= 15 is 0 Å². The van der Waals surface area contributed by atoms with Crippen molar-refractivity contribution in [3.05, 3.63) is 17.5 Å². The molecule has 1 aromatic heterocycles. The quantitative estimate of drug-likeness (QED) is 0.749. The minimum atomic E-state index is -3.32. The normalized spacial score (nSPS) is 33.4. The summed E-state index contributed by atoms with van der Waals surface area (Å²) in [5.74, 6) is 1.01. The zero-order chi connectivity index (χ0) is 20.0. The molecule has 1 saturated carbocycles. The molecule has 2 N–H and O–H groups in total. The number of carbonyl (C=O) groups is 1. The molecule has 4 atom stereocenters. The molecule has 1 aliphatic carbocycles. The molecular weight excluding hydrogens is 392 g/mol. The van der Waals surface area contributed by atoms with Crippen LogP contribution >= 0.6 is 0 Å². The summed E-state index contributed by atoms with van der Waals surface area (Å²) in [5.41, 5.74) is 0.332. The van der Waals surface area contributed by atoms with Crippen molar-refractivity contribution in [1.82, 2.24) is 20.1 Å². The number of nitrogens with one attached hydrogen (secondary N) is 2. The van der Waals surface area contributed by atoms with Gasteiger partial charge in [-0.2, -0.15) is 4.31 Å². The van der Waals surface area contributed by atoms with E-state index in [0.717, 1.165) is 57.3 Å². The number of rotatable bonds is 5. The van der Waals surface area contributed by atoms with E-state index in [4.69, 9.17) is 4.52 Å². The van der Waals surface area contributed by atoms with Crippen LogP contribution < -0.4 is 10.6 Å². The number of aromatic nitrogens is 1. The van der Waals surface area contributed by atoms with Crippen molar-refractivity contribution < 1.29 is 17.7 Å². The highest BCUT2D eigenvalue weighted by atomic mass is 32.2. The Kier molecular flexibility index (Phi) is 5.16. The smallest absolute Gasteiger partial charge is 0.273 e. The van der Waals surface area contributed by atoms with Gasteiger partial charge in [-0.25, -0.2) is 8.42 Å². The molecule has 8 nitrogen and oxygen atoms in total. The summed E-state index contributed by atoms with van der Waals surface area (Å²) < 4.78 is 33.8. The number of hydrogen-bond donors (Lipinski definition) is 2. The number of amides is 1. The predicted molar refractivity (Wildman–Crippen MR) is 107 cm³/mol. The monoisotopic (exact) mass is 422 g/mol. The van der Waals surface area contributed by atoms with Crippen molar-refractivity contribution in [3.63, 3.8) is 0 Å². The minimum absolute atomic E-state index is 0.00774. The Morgan fingerprint density at radius 2 is 1.90 bits per heavy atom. The third kappa shape index (κ3) is 3.84. The van der Waals surface area contributed by atoms with Crippen LogP contribution in [-0.2, 0) is 10.0 Å². The van der Waals surface area contributed by atoms with E-state index in [1.807, 2.05) is 0 Å². The number of nitrogens with zero attached hydrogens (tertiary/aromatic N) is 2. The SMILES string of the molecule is O=C(NC1C[C@H]2CC[C@@H](C1)N2S(=O)(=O)C1CCCCNC1)c1cc(C2CC2)on1. The van der Waals surface area contributed by atoms with Crippen molar-refractivity contribution in [2.75, 3.05) is 13.1 Å². The average molecular weight is 423 g/mol. The second kappa shape index (κ2) is 7.67. The maximum Gasteiger partial charge on any atom is 0.273 e. The van der Waals surface area contributed by atoms with Crippen LogP contribution in [0.25, 0.3) is 0 Å². The first-order valence-electron chi connectivity index (χ1n) is 11.0. The van der Waals surface area contributed by atoms with Gasteiger partial charge >= 0.3 is 0 Å². The third-order valence-corrected chi connectivity index (χ3v) is 9.39. The number of fused-ring (bicyclic) bond motifs is 2. The van der Waals surface area contributed by atoms with Gasteiger partial charge in [0.25, 0.3) is 5.91 Å². The molecule has 4 fully saturated rings. The predicted octanol–water partition coefficient (Wildman–Crippen LogP) is 1.75. The fourth-order valence-corrected chi connectivity index (χ4v) is 7.65. The average Bonchev–Trinajstić information content (AvgIpc) is 3.43. The van der Waals surface area contributed by atoms with Crippen molar-refractivity contribution in [2.45, 2.75) is 87.1 Å². The number of carbonyl (C=O) groups excluding carboxylic acids is 1. The van der Waals surface area contributed by atoms with Crippen LogP contribution in [0.1, 0.15) is 80.0 Å². The highest BCUT2D eigenvalue weighted by Crippen LogP contribution is 2.41. The van der Waals surface area contributed by atoms with Crippen LogP contribution in [0.4, 0.5) is 0 Å². The molecule has 160 valence electrons. The summed E-state index contributed by atoms with van der Waals surface area (Å²) in [6.45, 7) is 1.45. The molecule has 5 rings (SSSR count). The van der Waals surface area contributed by atoms with Gasteiger partial charge in [-0.05, 0) is 57.9 Å². The molecule has 29 heavy (non-hydrogen) atoms. The van der Waals surface area contributed by atoms with Crippen LogP contribution in [0.15, 0.2) is 10.6 Å². The Balaban J connectivity index is 1.24. The van der Waals surface area contributed by atoms with E-state index in [1.165, 1.54) is 0 Å². The highest BCUT2D eigenvalue weighted by Gasteiger charge is 2.49. The second-order valence-electron chi connectivity index (χ2n) is 9.11. The molecule has 3 aliphatic heterocycles. The molecule has 0 aromatic carbocycles. The van der Waals surface area contributed by atoms with Gasteiger partial charge in [0.1, 0.15) is 5.76 Å². The standard InChI is InChI=1S/C20H30N4O4S/c25-20(18-11-19(28-23-18)13-4-5-13)22-14-9-15-6-7-16(10-14)24(15)29(26,27)17-3-1-2-8-21-12-17/h11,13-17,21H,1-10,12H2,(H,22,25)/t14?,15-,16+,17?. The van der Waals surface area contributed by atoms with Gasteiger partial charge in [0.2, 0.25) is 10.0 Å². The molecular formula is C20H30N4O4S. The number of sulfonamides is 1. The Hall–Kier alpha value is -1.45. The van der Waals surface area contributed by atoms with Crippen molar-refractivity contribution >= 4 is 15.9 Å². The van der Waals surface area contributed by atoms with Crippen LogP contribution in [0.3, 0.4) is 0 Å². The molecule has 4 heterocycles. The third-order valence-electron chi connectivity index (χ3n) is 6.96. The molecule has 2 bridgehead atoms. The lowest BCUT2D eigenvalue weighted by Gasteiger charge is -2.39. The molecule has 3 saturated heterocycles.